The summed E-state index contributed by atoms with van der Waals surface area (Å²) < 4.78 is 13.0. The monoisotopic (exact) mass is 413 g/mol. The van der Waals surface area contributed by atoms with Crippen LogP contribution in [-0.4, -0.2) is 91.1 Å². The molecule has 4 aliphatic rings. The highest BCUT2D eigenvalue weighted by atomic mass is 16.5. The van der Waals surface area contributed by atoms with Crippen molar-refractivity contribution in [1.29, 1.82) is 0 Å². The van der Waals surface area contributed by atoms with Gasteiger partial charge >= 0.3 is 0 Å². The molecule has 1 amide bonds. The molecule has 2 aromatic rings. The largest absolute Gasteiger partial charge is 0.494 e. The first-order chi connectivity index (χ1) is 14.7. The van der Waals surface area contributed by atoms with Gasteiger partial charge in [0.1, 0.15) is 11.3 Å². The molecule has 6 rings (SSSR count). The first-order valence-electron chi connectivity index (χ1n) is 11.1. The van der Waals surface area contributed by atoms with Gasteiger partial charge in [-0.15, -0.1) is 0 Å². The maximum absolute atomic E-state index is 13.2. The Kier molecular flexibility index (Phi) is 5.62. The van der Waals surface area contributed by atoms with Gasteiger partial charge in [0.25, 0.3) is 5.91 Å². The van der Waals surface area contributed by atoms with Gasteiger partial charge in [0.05, 0.1) is 26.9 Å². The molecule has 1 unspecified atom stereocenters. The number of aromatic nitrogens is 2. The average Bonchev–Trinajstić information content (AvgIpc) is 3.18. The number of piperidine rings is 3. The highest BCUT2D eigenvalue weighted by molar-refractivity contribution is 6.06. The van der Waals surface area contributed by atoms with E-state index < -0.39 is 0 Å². The molecule has 0 radical (unpaired) electrons. The number of hydrogen-bond donors (Lipinski definition) is 1. The topological polar surface area (TPSA) is 71.9 Å². The number of methoxy groups -OCH3 is 1. The molecule has 2 bridgehead atoms. The number of carbonyl (C=O) groups is 1. The van der Waals surface area contributed by atoms with Crippen LogP contribution in [0.25, 0.3) is 10.9 Å². The van der Waals surface area contributed by atoms with Crippen LogP contribution in [0.2, 0.25) is 0 Å². The van der Waals surface area contributed by atoms with Gasteiger partial charge in [-0.25, -0.2) is 0 Å². The first-order valence-corrected chi connectivity index (χ1v) is 11.1. The quantitative estimate of drug-likeness (QED) is 0.767. The van der Waals surface area contributed by atoms with Crippen LogP contribution in [0.15, 0.2) is 18.2 Å². The minimum atomic E-state index is -0.0721. The molecule has 1 N–H and O–H groups in total. The number of morpholine rings is 1. The van der Waals surface area contributed by atoms with Crippen molar-refractivity contribution >= 4 is 16.8 Å². The number of amides is 1. The van der Waals surface area contributed by atoms with E-state index in [0.29, 0.717) is 18.2 Å². The number of nitrogens with zero attached hydrogens (tertiary/aromatic N) is 4. The summed E-state index contributed by atoms with van der Waals surface area (Å²) in [5.74, 6) is 1.27. The third kappa shape index (κ3) is 3.79. The number of fused-ring (bicyclic) bond motifs is 4. The lowest BCUT2D eigenvalue weighted by molar-refractivity contribution is 0.0361. The molecule has 4 saturated heterocycles. The van der Waals surface area contributed by atoms with Crippen molar-refractivity contribution in [1.82, 2.24) is 24.9 Å². The predicted molar refractivity (Wildman–Crippen MR) is 114 cm³/mol. The molecule has 30 heavy (non-hydrogen) atoms. The van der Waals surface area contributed by atoms with Crippen LogP contribution < -0.4 is 10.1 Å². The van der Waals surface area contributed by atoms with E-state index in [1.54, 1.807) is 7.11 Å². The molecule has 4 fully saturated rings. The van der Waals surface area contributed by atoms with Crippen LogP contribution >= 0.6 is 0 Å². The van der Waals surface area contributed by atoms with Crippen molar-refractivity contribution in [2.45, 2.75) is 25.4 Å². The smallest absolute Gasteiger partial charge is 0.272 e. The summed E-state index contributed by atoms with van der Waals surface area (Å²) in [6.45, 7) is 8.28. The molecule has 8 nitrogen and oxygen atoms in total. The molecule has 162 valence electrons. The molecule has 8 heteroatoms. The number of carbonyl (C=O) groups excluding carboxylic acids is 1. The Morgan fingerprint density at radius 1 is 1.20 bits per heavy atom. The van der Waals surface area contributed by atoms with Crippen LogP contribution in [0.4, 0.5) is 0 Å². The van der Waals surface area contributed by atoms with Crippen molar-refractivity contribution < 1.29 is 14.3 Å². The number of nitrogens with one attached hydrogen (secondary N) is 1. The molecule has 4 aliphatic heterocycles. The van der Waals surface area contributed by atoms with E-state index >= 15 is 0 Å². The van der Waals surface area contributed by atoms with Crippen LogP contribution in [0.5, 0.6) is 5.75 Å². The van der Waals surface area contributed by atoms with E-state index in [2.05, 4.69) is 15.1 Å². The lowest BCUT2D eigenvalue weighted by atomic mass is 9.84. The summed E-state index contributed by atoms with van der Waals surface area (Å²) in [7, 11) is 1.67. The van der Waals surface area contributed by atoms with Gasteiger partial charge in [-0.3, -0.25) is 14.4 Å². The molecular formula is C22H31N5O3. The van der Waals surface area contributed by atoms with Gasteiger partial charge in [-0.05, 0) is 37.9 Å². The second kappa shape index (κ2) is 8.53. The summed E-state index contributed by atoms with van der Waals surface area (Å²) in [5.41, 5.74) is 1.40. The molecule has 0 saturated carbocycles. The average molecular weight is 414 g/mol. The van der Waals surface area contributed by atoms with E-state index in [0.717, 1.165) is 69.1 Å². The molecule has 5 heterocycles. The van der Waals surface area contributed by atoms with Gasteiger partial charge < -0.3 is 19.7 Å². The van der Waals surface area contributed by atoms with E-state index in [4.69, 9.17) is 14.6 Å². The Labute approximate surface area is 177 Å². The van der Waals surface area contributed by atoms with Crippen molar-refractivity contribution in [2.24, 2.45) is 5.92 Å². The van der Waals surface area contributed by atoms with E-state index in [-0.39, 0.29) is 11.9 Å². The lowest BCUT2D eigenvalue weighted by Crippen LogP contribution is -2.57. The summed E-state index contributed by atoms with van der Waals surface area (Å²) in [6, 6.07) is 6.06. The standard InChI is InChI=1S/C22H31N5O3/c1-29-19-4-2-3-17-20(22(28)23-18-15-26-7-5-16(18)6-8-26)24-27(21(17)19)10-9-25-11-13-30-14-12-25/h2-4,16,18H,5-15H2,1H3,(H,23,28). The Balaban J connectivity index is 1.39. The number of benzene rings is 1. The van der Waals surface area contributed by atoms with Crippen molar-refractivity contribution in [3.05, 3.63) is 23.9 Å². The van der Waals surface area contributed by atoms with Crippen molar-refractivity contribution in [3.63, 3.8) is 0 Å². The molecular weight excluding hydrogens is 382 g/mol. The Bertz CT molecular complexity index is 900. The van der Waals surface area contributed by atoms with Gasteiger partial charge in [-0.1, -0.05) is 12.1 Å². The van der Waals surface area contributed by atoms with Crippen LogP contribution in [0, 0.1) is 5.92 Å². The number of hydrogen-bond acceptors (Lipinski definition) is 6. The summed E-state index contributed by atoms with van der Waals surface area (Å²) in [5, 5.41) is 8.91. The maximum atomic E-state index is 13.2. The maximum Gasteiger partial charge on any atom is 0.272 e. The van der Waals surface area contributed by atoms with Crippen molar-refractivity contribution in [3.8, 4) is 5.75 Å². The second-order valence-corrected chi connectivity index (χ2v) is 8.60. The Hall–Kier alpha value is -2.16. The number of rotatable bonds is 6. The zero-order valence-corrected chi connectivity index (χ0v) is 17.7. The molecule has 1 aromatic heterocycles. The summed E-state index contributed by atoms with van der Waals surface area (Å²) in [6.07, 6.45) is 2.35. The van der Waals surface area contributed by atoms with Crippen LogP contribution in [0.1, 0.15) is 23.3 Å². The fraction of sp³-hybridized carbons (Fsp3) is 0.636. The SMILES string of the molecule is COc1cccc2c(C(=O)NC3CN4CCC3CC4)nn(CCN3CCOCC3)c12. The summed E-state index contributed by atoms with van der Waals surface area (Å²) in [4.78, 5) is 18.1. The minimum absolute atomic E-state index is 0.0721. The van der Waals surface area contributed by atoms with Gasteiger partial charge in [0, 0.05) is 37.6 Å². The molecule has 0 aliphatic carbocycles. The van der Waals surface area contributed by atoms with E-state index in [1.807, 2.05) is 22.9 Å². The van der Waals surface area contributed by atoms with Gasteiger partial charge in [0.2, 0.25) is 0 Å². The Morgan fingerprint density at radius 2 is 2.00 bits per heavy atom. The predicted octanol–water partition coefficient (Wildman–Crippen LogP) is 1.20. The normalized spacial score (nSPS) is 26.8. The van der Waals surface area contributed by atoms with Gasteiger partial charge in [0.15, 0.2) is 5.69 Å². The van der Waals surface area contributed by atoms with Crippen LogP contribution in [0.3, 0.4) is 0 Å². The van der Waals surface area contributed by atoms with E-state index in [1.165, 1.54) is 12.8 Å². The number of ether oxygens (including phenoxy) is 2. The lowest BCUT2D eigenvalue weighted by Gasteiger charge is -2.44. The minimum Gasteiger partial charge on any atom is -0.494 e. The highest BCUT2D eigenvalue weighted by Crippen LogP contribution is 2.30. The number of para-hydroxylation sites is 1. The highest BCUT2D eigenvalue weighted by Gasteiger charge is 2.35. The first kappa shape index (κ1) is 19.8. The zero-order chi connectivity index (χ0) is 20.5. The van der Waals surface area contributed by atoms with Crippen LogP contribution in [-0.2, 0) is 11.3 Å². The fourth-order valence-electron chi connectivity index (χ4n) is 5.12. The Morgan fingerprint density at radius 3 is 2.70 bits per heavy atom. The third-order valence-corrected chi connectivity index (χ3v) is 6.87. The molecule has 0 spiro atoms. The fourth-order valence-corrected chi connectivity index (χ4v) is 5.12. The van der Waals surface area contributed by atoms with E-state index in [9.17, 15) is 4.79 Å². The molecule has 1 aromatic carbocycles. The van der Waals surface area contributed by atoms with Gasteiger partial charge in [-0.2, -0.15) is 5.10 Å². The zero-order valence-electron chi connectivity index (χ0n) is 17.7. The summed E-state index contributed by atoms with van der Waals surface area (Å²) >= 11 is 0. The van der Waals surface area contributed by atoms with Crippen molar-refractivity contribution in [2.75, 3.05) is 59.6 Å². The molecule has 1 atom stereocenters. The third-order valence-electron chi connectivity index (χ3n) is 6.87. The second-order valence-electron chi connectivity index (χ2n) is 8.60.